The van der Waals surface area contributed by atoms with Gasteiger partial charge in [-0.2, -0.15) is 0 Å². The van der Waals surface area contributed by atoms with Gasteiger partial charge in [0.25, 0.3) is 0 Å². The molecule has 15 heavy (non-hydrogen) atoms. The first-order valence-electron chi connectivity index (χ1n) is 5.21. The van der Waals surface area contributed by atoms with Crippen LogP contribution in [0.2, 0.25) is 0 Å². The van der Waals surface area contributed by atoms with Gasteiger partial charge in [-0.25, -0.2) is 0 Å². The van der Waals surface area contributed by atoms with Crippen molar-refractivity contribution in [2.45, 2.75) is 25.3 Å². The largest absolute Gasteiger partial charge is 0.480 e. The molecule has 1 aliphatic heterocycles. The molecule has 0 aliphatic carbocycles. The van der Waals surface area contributed by atoms with Crippen molar-refractivity contribution in [3.63, 3.8) is 0 Å². The third-order valence-electron chi connectivity index (χ3n) is 2.99. The molecule has 80 valence electrons. The van der Waals surface area contributed by atoms with Crippen molar-refractivity contribution in [2.75, 3.05) is 6.54 Å². The number of nitrogens with one attached hydrogen (secondary N) is 1. The topological polar surface area (TPSA) is 49.3 Å². The fourth-order valence-electron chi connectivity index (χ4n) is 2.14. The van der Waals surface area contributed by atoms with Crippen LogP contribution in [0.5, 0.6) is 0 Å². The maximum Gasteiger partial charge on any atom is 0.321 e. The molecule has 1 saturated heterocycles. The van der Waals surface area contributed by atoms with Crippen LogP contribution in [0.3, 0.4) is 0 Å². The Morgan fingerprint density at radius 1 is 1.40 bits per heavy atom. The molecule has 0 saturated carbocycles. The van der Waals surface area contributed by atoms with E-state index in [0.717, 1.165) is 18.5 Å². The van der Waals surface area contributed by atoms with Crippen molar-refractivity contribution in [3.8, 4) is 0 Å². The van der Waals surface area contributed by atoms with Gasteiger partial charge in [0.1, 0.15) is 6.04 Å². The Labute approximate surface area is 89.1 Å². The van der Waals surface area contributed by atoms with Gasteiger partial charge in [-0.3, -0.25) is 4.79 Å². The highest BCUT2D eigenvalue weighted by Crippen LogP contribution is 2.27. The number of aryl methyl sites for hydroxylation is 1. The highest BCUT2D eigenvalue weighted by molar-refractivity contribution is 5.75. The van der Waals surface area contributed by atoms with Gasteiger partial charge in [0.15, 0.2) is 0 Å². The van der Waals surface area contributed by atoms with Gasteiger partial charge in [-0.15, -0.1) is 0 Å². The van der Waals surface area contributed by atoms with Gasteiger partial charge < -0.3 is 10.4 Å². The van der Waals surface area contributed by atoms with Crippen molar-refractivity contribution in [3.05, 3.63) is 35.4 Å². The summed E-state index contributed by atoms with van der Waals surface area (Å²) in [6, 6.07) is 7.71. The second-order valence-electron chi connectivity index (χ2n) is 4.08. The molecule has 0 amide bonds. The summed E-state index contributed by atoms with van der Waals surface area (Å²) in [6.07, 6.45) is 0.903. The van der Waals surface area contributed by atoms with E-state index in [-0.39, 0.29) is 5.92 Å². The highest BCUT2D eigenvalue weighted by Gasteiger charge is 2.33. The van der Waals surface area contributed by atoms with Gasteiger partial charge in [0.2, 0.25) is 0 Å². The van der Waals surface area contributed by atoms with Crippen LogP contribution in [0.15, 0.2) is 24.3 Å². The SMILES string of the molecule is Cc1ccc([C@@H]2CCN[C@H]2C(=O)O)cc1. The van der Waals surface area contributed by atoms with Crippen LogP contribution in [0, 0.1) is 6.92 Å². The van der Waals surface area contributed by atoms with Gasteiger partial charge in [-0.05, 0) is 25.5 Å². The zero-order chi connectivity index (χ0) is 10.8. The molecule has 0 spiro atoms. The number of carbonyl (C=O) groups is 1. The third kappa shape index (κ3) is 2.02. The molecule has 0 bridgehead atoms. The molecule has 3 heteroatoms. The normalized spacial score (nSPS) is 25.4. The number of hydrogen-bond acceptors (Lipinski definition) is 2. The molecule has 3 nitrogen and oxygen atoms in total. The van der Waals surface area contributed by atoms with E-state index < -0.39 is 12.0 Å². The maximum absolute atomic E-state index is 11.0. The van der Waals surface area contributed by atoms with Crippen LogP contribution < -0.4 is 5.32 Å². The predicted octanol–water partition coefficient (Wildman–Crippen LogP) is 1.53. The summed E-state index contributed by atoms with van der Waals surface area (Å²) in [5, 5.41) is 12.1. The smallest absolute Gasteiger partial charge is 0.321 e. The first-order valence-corrected chi connectivity index (χ1v) is 5.21. The molecule has 0 aromatic heterocycles. The number of rotatable bonds is 2. The number of carboxylic acids is 1. The second kappa shape index (κ2) is 4.03. The van der Waals surface area contributed by atoms with E-state index in [4.69, 9.17) is 5.11 Å². The monoisotopic (exact) mass is 205 g/mol. The van der Waals surface area contributed by atoms with E-state index >= 15 is 0 Å². The van der Waals surface area contributed by atoms with Crippen molar-refractivity contribution >= 4 is 5.97 Å². The van der Waals surface area contributed by atoms with Crippen LogP contribution in [0.1, 0.15) is 23.5 Å². The summed E-state index contributed by atoms with van der Waals surface area (Å²) >= 11 is 0. The summed E-state index contributed by atoms with van der Waals surface area (Å²) in [5.74, 6) is -0.638. The minimum Gasteiger partial charge on any atom is -0.480 e. The zero-order valence-corrected chi connectivity index (χ0v) is 8.73. The Kier molecular flexibility index (Phi) is 2.73. The lowest BCUT2D eigenvalue weighted by atomic mass is 9.91. The lowest BCUT2D eigenvalue weighted by Crippen LogP contribution is -2.34. The molecule has 1 heterocycles. The van der Waals surface area contributed by atoms with Crippen LogP contribution in [0.25, 0.3) is 0 Å². The molecule has 1 aromatic carbocycles. The summed E-state index contributed by atoms with van der Waals surface area (Å²) in [6.45, 7) is 2.82. The Bertz CT molecular complexity index is 358. The molecule has 2 atom stereocenters. The Balaban J connectivity index is 2.22. The van der Waals surface area contributed by atoms with Crippen LogP contribution in [0.4, 0.5) is 0 Å². The number of aliphatic carboxylic acids is 1. The molecule has 1 aromatic rings. The van der Waals surface area contributed by atoms with Crippen LogP contribution in [-0.2, 0) is 4.79 Å². The van der Waals surface area contributed by atoms with Crippen LogP contribution >= 0.6 is 0 Å². The van der Waals surface area contributed by atoms with E-state index in [1.165, 1.54) is 5.56 Å². The molecular formula is C12H15NO2. The quantitative estimate of drug-likeness (QED) is 0.769. The standard InChI is InChI=1S/C12H15NO2/c1-8-2-4-9(5-3-8)10-6-7-13-11(10)12(14)15/h2-5,10-11,13H,6-7H2,1H3,(H,14,15)/t10-,11+/m0/s1. The number of benzene rings is 1. The predicted molar refractivity (Wildman–Crippen MR) is 58.0 cm³/mol. The molecule has 0 unspecified atom stereocenters. The van der Waals surface area contributed by atoms with Crippen LogP contribution in [-0.4, -0.2) is 23.7 Å². The first-order chi connectivity index (χ1) is 7.18. The first kappa shape index (κ1) is 10.2. The van der Waals surface area contributed by atoms with Gasteiger partial charge >= 0.3 is 5.97 Å². The summed E-state index contributed by atoms with van der Waals surface area (Å²) < 4.78 is 0. The van der Waals surface area contributed by atoms with Crippen molar-refractivity contribution in [2.24, 2.45) is 0 Å². The van der Waals surface area contributed by atoms with E-state index in [1.54, 1.807) is 0 Å². The number of carboxylic acid groups (broad SMARTS) is 1. The molecule has 0 radical (unpaired) electrons. The average molecular weight is 205 g/mol. The van der Waals surface area contributed by atoms with E-state index in [9.17, 15) is 4.79 Å². The van der Waals surface area contributed by atoms with Crippen molar-refractivity contribution in [1.82, 2.24) is 5.32 Å². The maximum atomic E-state index is 11.0. The Hall–Kier alpha value is -1.35. The average Bonchev–Trinajstić information content (AvgIpc) is 2.67. The van der Waals surface area contributed by atoms with E-state index in [0.29, 0.717) is 0 Å². The molecule has 1 fully saturated rings. The second-order valence-corrected chi connectivity index (χ2v) is 4.08. The molecule has 1 aliphatic rings. The summed E-state index contributed by atoms with van der Waals surface area (Å²) in [7, 11) is 0. The minimum absolute atomic E-state index is 0.114. The molecule has 2 rings (SSSR count). The Morgan fingerprint density at radius 2 is 2.07 bits per heavy atom. The van der Waals surface area contributed by atoms with Crippen molar-refractivity contribution in [1.29, 1.82) is 0 Å². The Morgan fingerprint density at radius 3 is 2.67 bits per heavy atom. The summed E-state index contributed by atoms with van der Waals surface area (Å²) in [4.78, 5) is 11.0. The van der Waals surface area contributed by atoms with E-state index in [2.05, 4.69) is 5.32 Å². The third-order valence-corrected chi connectivity index (χ3v) is 2.99. The fourth-order valence-corrected chi connectivity index (χ4v) is 2.14. The lowest BCUT2D eigenvalue weighted by molar-refractivity contribution is -0.139. The fraction of sp³-hybridized carbons (Fsp3) is 0.417. The van der Waals surface area contributed by atoms with E-state index in [1.807, 2.05) is 31.2 Å². The number of hydrogen-bond donors (Lipinski definition) is 2. The molecule has 2 N–H and O–H groups in total. The summed E-state index contributed by atoms with van der Waals surface area (Å²) in [5.41, 5.74) is 2.33. The molecular weight excluding hydrogens is 190 g/mol. The lowest BCUT2D eigenvalue weighted by Gasteiger charge is -2.15. The zero-order valence-electron chi connectivity index (χ0n) is 8.73. The van der Waals surface area contributed by atoms with Gasteiger partial charge in [-0.1, -0.05) is 29.8 Å². The minimum atomic E-state index is -0.752. The van der Waals surface area contributed by atoms with Gasteiger partial charge in [0, 0.05) is 5.92 Å². The highest BCUT2D eigenvalue weighted by atomic mass is 16.4. The van der Waals surface area contributed by atoms with Crippen molar-refractivity contribution < 1.29 is 9.90 Å². The van der Waals surface area contributed by atoms with Gasteiger partial charge in [0.05, 0.1) is 0 Å².